The van der Waals surface area contributed by atoms with E-state index in [-0.39, 0.29) is 12.5 Å². The van der Waals surface area contributed by atoms with E-state index < -0.39 is 0 Å². The van der Waals surface area contributed by atoms with Crippen LogP contribution in [0.25, 0.3) is 11.3 Å². The average molecular weight is 324 g/mol. The predicted octanol–water partition coefficient (Wildman–Crippen LogP) is 4.18. The number of imidazole rings is 1. The molecule has 0 aliphatic heterocycles. The Morgan fingerprint density at radius 2 is 1.96 bits per heavy atom. The number of benzene rings is 1. The van der Waals surface area contributed by atoms with Crippen LogP contribution in [0.15, 0.2) is 53.2 Å². The summed E-state index contributed by atoms with van der Waals surface area (Å²) in [5, 5.41) is 9.16. The minimum Gasteiger partial charge on any atom is -0.466 e. The highest BCUT2D eigenvalue weighted by Gasteiger charge is 2.18. The van der Waals surface area contributed by atoms with Crippen molar-refractivity contribution in [1.82, 2.24) is 9.55 Å². The van der Waals surface area contributed by atoms with Gasteiger partial charge < -0.3 is 14.1 Å². The van der Waals surface area contributed by atoms with Crippen LogP contribution in [0.5, 0.6) is 0 Å². The summed E-state index contributed by atoms with van der Waals surface area (Å²) in [6.45, 7) is 5.11. The Bertz CT molecular complexity index is 774. The van der Waals surface area contributed by atoms with Gasteiger partial charge in [0.15, 0.2) is 0 Å². The molecule has 0 spiro atoms. The normalized spacial score (nSPS) is 12.5. The standard InChI is InChI=1S/C20H24N2O2/c1-15(19-10-9-16(2)24-19)13-18-20(17-7-4-3-5-8-17)21-14-22(18)11-6-12-23/h3-5,7-10,14-15,23H,6,11-13H2,1-2H3/t15-/m0/s1. The first-order chi connectivity index (χ1) is 11.7. The summed E-state index contributed by atoms with van der Waals surface area (Å²) in [6.07, 6.45) is 3.46. The maximum absolute atomic E-state index is 9.16. The van der Waals surface area contributed by atoms with E-state index in [0.29, 0.717) is 0 Å². The van der Waals surface area contributed by atoms with E-state index in [0.717, 1.165) is 42.2 Å². The Labute approximate surface area is 142 Å². The number of aliphatic hydroxyl groups excluding tert-OH is 1. The lowest BCUT2D eigenvalue weighted by atomic mass is 9.99. The van der Waals surface area contributed by atoms with E-state index in [9.17, 15) is 0 Å². The van der Waals surface area contributed by atoms with E-state index >= 15 is 0 Å². The summed E-state index contributed by atoms with van der Waals surface area (Å²) in [5.41, 5.74) is 3.33. The first-order valence-corrected chi connectivity index (χ1v) is 8.45. The zero-order valence-corrected chi connectivity index (χ0v) is 14.3. The van der Waals surface area contributed by atoms with Crippen molar-refractivity contribution in [1.29, 1.82) is 0 Å². The van der Waals surface area contributed by atoms with Crippen molar-refractivity contribution in [2.45, 2.75) is 39.2 Å². The van der Waals surface area contributed by atoms with Gasteiger partial charge in [-0.05, 0) is 31.9 Å². The summed E-state index contributed by atoms with van der Waals surface area (Å²) in [4.78, 5) is 4.64. The first-order valence-electron chi connectivity index (χ1n) is 8.45. The van der Waals surface area contributed by atoms with Crippen molar-refractivity contribution in [2.24, 2.45) is 0 Å². The Morgan fingerprint density at radius 1 is 1.17 bits per heavy atom. The highest BCUT2D eigenvalue weighted by molar-refractivity contribution is 5.62. The Hall–Kier alpha value is -2.33. The molecule has 3 rings (SSSR count). The number of hydrogen-bond acceptors (Lipinski definition) is 3. The van der Waals surface area contributed by atoms with Gasteiger partial charge in [-0.25, -0.2) is 4.98 Å². The summed E-state index contributed by atoms with van der Waals surface area (Å²) >= 11 is 0. The molecule has 1 N–H and O–H groups in total. The molecule has 2 heterocycles. The van der Waals surface area contributed by atoms with Crippen LogP contribution in [0.3, 0.4) is 0 Å². The molecule has 0 unspecified atom stereocenters. The summed E-state index contributed by atoms with van der Waals surface area (Å²) < 4.78 is 7.95. The summed E-state index contributed by atoms with van der Waals surface area (Å²) in [6, 6.07) is 14.3. The van der Waals surface area contributed by atoms with Gasteiger partial charge in [-0.2, -0.15) is 0 Å². The molecule has 0 radical (unpaired) electrons. The second-order valence-corrected chi connectivity index (χ2v) is 6.23. The lowest BCUT2D eigenvalue weighted by Gasteiger charge is -2.14. The molecule has 0 saturated heterocycles. The zero-order valence-electron chi connectivity index (χ0n) is 14.3. The van der Waals surface area contributed by atoms with Crippen LogP contribution in [-0.2, 0) is 13.0 Å². The van der Waals surface area contributed by atoms with Gasteiger partial charge in [0.1, 0.15) is 11.5 Å². The molecule has 0 fully saturated rings. The van der Waals surface area contributed by atoms with Crippen molar-refractivity contribution in [3.05, 3.63) is 66.0 Å². The molecule has 0 bridgehead atoms. The van der Waals surface area contributed by atoms with Gasteiger partial charge in [0, 0.05) is 30.3 Å². The van der Waals surface area contributed by atoms with Gasteiger partial charge in [-0.15, -0.1) is 0 Å². The molecule has 1 atom stereocenters. The molecule has 4 nitrogen and oxygen atoms in total. The lowest BCUT2D eigenvalue weighted by Crippen LogP contribution is -2.08. The second-order valence-electron chi connectivity index (χ2n) is 6.23. The van der Waals surface area contributed by atoms with E-state index in [1.807, 2.05) is 37.5 Å². The van der Waals surface area contributed by atoms with E-state index in [2.05, 4.69) is 34.7 Å². The van der Waals surface area contributed by atoms with Gasteiger partial charge >= 0.3 is 0 Å². The first kappa shape index (κ1) is 16.5. The molecule has 1 aromatic carbocycles. The van der Waals surface area contributed by atoms with Crippen molar-refractivity contribution >= 4 is 0 Å². The fourth-order valence-corrected chi connectivity index (χ4v) is 3.00. The van der Waals surface area contributed by atoms with Crippen molar-refractivity contribution in [3.63, 3.8) is 0 Å². The third-order valence-corrected chi connectivity index (χ3v) is 4.30. The molecule has 4 heteroatoms. The number of aryl methyl sites for hydroxylation is 2. The van der Waals surface area contributed by atoms with Crippen LogP contribution < -0.4 is 0 Å². The van der Waals surface area contributed by atoms with Crippen LogP contribution in [-0.4, -0.2) is 21.3 Å². The van der Waals surface area contributed by atoms with Crippen LogP contribution in [0, 0.1) is 6.92 Å². The molecule has 24 heavy (non-hydrogen) atoms. The molecule has 0 saturated carbocycles. The van der Waals surface area contributed by atoms with Gasteiger partial charge in [-0.3, -0.25) is 0 Å². The molecule has 3 aromatic rings. The molecule has 0 aliphatic rings. The third kappa shape index (κ3) is 3.60. The quantitative estimate of drug-likeness (QED) is 0.709. The fourth-order valence-electron chi connectivity index (χ4n) is 3.00. The highest BCUT2D eigenvalue weighted by atomic mass is 16.3. The number of hydrogen-bond donors (Lipinski definition) is 1. The third-order valence-electron chi connectivity index (χ3n) is 4.30. The Morgan fingerprint density at radius 3 is 2.62 bits per heavy atom. The second kappa shape index (κ2) is 7.49. The molecular formula is C20H24N2O2. The minimum absolute atomic E-state index is 0.186. The van der Waals surface area contributed by atoms with Crippen LogP contribution in [0.2, 0.25) is 0 Å². The fraction of sp³-hybridized carbons (Fsp3) is 0.350. The van der Waals surface area contributed by atoms with Gasteiger partial charge in [-0.1, -0.05) is 37.3 Å². The lowest BCUT2D eigenvalue weighted by molar-refractivity contribution is 0.279. The number of furan rings is 1. The minimum atomic E-state index is 0.186. The largest absolute Gasteiger partial charge is 0.466 e. The average Bonchev–Trinajstić information content (AvgIpc) is 3.20. The molecule has 0 amide bonds. The van der Waals surface area contributed by atoms with Crippen LogP contribution in [0.4, 0.5) is 0 Å². The van der Waals surface area contributed by atoms with Gasteiger partial charge in [0.25, 0.3) is 0 Å². The number of nitrogens with zero attached hydrogens (tertiary/aromatic N) is 2. The van der Waals surface area contributed by atoms with Crippen LogP contribution in [0.1, 0.15) is 36.5 Å². The summed E-state index contributed by atoms with van der Waals surface area (Å²) in [7, 11) is 0. The van der Waals surface area contributed by atoms with Crippen molar-refractivity contribution < 1.29 is 9.52 Å². The van der Waals surface area contributed by atoms with Crippen molar-refractivity contribution in [3.8, 4) is 11.3 Å². The Kier molecular flexibility index (Phi) is 5.16. The SMILES string of the molecule is Cc1ccc([C@@H](C)Cc2c(-c3ccccc3)ncn2CCCO)o1. The highest BCUT2D eigenvalue weighted by Crippen LogP contribution is 2.28. The number of rotatable bonds is 7. The summed E-state index contributed by atoms with van der Waals surface area (Å²) in [5.74, 6) is 2.21. The number of aromatic nitrogens is 2. The van der Waals surface area contributed by atoms with Gasteiger partial charge in [0.2, 0.25) is 0 Å². The van der Waals surface area contributed by atoms with Crippen molar-refractivity contribution in [2.75, 3.05) is 6.61 Å². The van der Waals surface area contributed by atoms with Gasteiger partial charge in [0.05, 0.1) is 12.0 Å². The van der Waals surface area contributed by atoms with E-state index in [4.69, 9.17) is 9.52 Å². The monoisotopic (exact) mass is 324 g/mol. The topological polar surface area (TPSA) is 51.2 Å². The molecule has 126 valence electrons. The smallest absolute Gasteiger partial charge is 0.107 e. The predicted molar refractivity (Wildman–Crippen MR) is 94.9 cm³/mol. The maximum atomic E-state index is 9.16. The molecule has 2 aromatic heterocycles. The number of aliphatic hydroxyl groups is 1. The molecular weight excluding hydrogens is 300 g/mol. The Balaban J connectivity index is 1.92. The molecule has 0 aliphatic carbocycles. The van der Waals surface area contributed by atoms with E-state index in [1.165, 1.54) is 5.69 Å². The van der Waals surface area contributed by atoms with E-state index in [1.54, 1.807) is 0 Å². The zero-order chi connectivity index (χ0) is 16.9. The van der Waals surface area contributed by atoms with Crippen LogP contribution >= 0.6 is 0 Å². The maximum Gasteiger partial charge on any atom is 0.107 e.